The number of fused-ring (bicyclic) bond motifs is 2. The van der Waals surface area contributed by atoms with Crippen molar-refractivity contribution >= 4 is 11.6 Å². The highest BCUT2D eigenvalue weighted by atomic mass is 16.5. The van der Waals surface area contributed by atoms with E-state index in [1.165, 1.54) is 5.56 Å². The van der Waals surface area contributed by atoms with Gasteiger partial charge in [0.1, 0.15) is 11.4 Å². The molecule has 6 nitrogen and oxygen atoms in total. The lowest BCUT2D eigenvalue weighted by atomic mass is 9.88. The Morgan fingerprint density at radius 1 is 1.07 bits per heavy atom. The summed E-state index contributed by atoms with van der Waals surface area (Å²) in [5.41, 5.74) is 1.60. The van der Waals surface area contributed by atoms with Gasteiger partial charge in [-0.25, -0.2) is 4.98 Å². The molecule has 1 fully saturated rings. The molecule has 1 atom stereocenters. The van der Waals surface area contributed by atoms with Crippen LogP contribution in [0.5, 0.6) is 0 Å². The molecule has 6 heteroatoms. The number of ether oxygens (including phenoxy) is 1. The SMILES string of the molecule is O=C(Nc1ccccc1)[C@H]1Cn2ccnc2C2(CCN(Cc3ccccc3)CC2)O1. The van der Waals surface area contributed by atoms with Crippen LogP contribution in [0, 0.1) is 0 Å². The number of likely N-dealkylation sites (tertiary alicyclic amines) is 1. The predicted molar refractivity (Wildman–Crippen MR) is 115 cm³/mol. The lowest BCUT2D eigenvalue weighted by Crippen LogP contribution is -2.53. The fourth-order valence-electron chi connectivity index (χ4n) is 4.53. The van der Waals surface area contributed by atoms with Crippen molar-refractivity contribution in [2.24, 2.45) is 0 Å². The van der Waals surface area contributed by atoms with Crippen LogP contribution in [0.1, 0.15) is 24.2 Å². The Morgan fingerprint density at radius 2 is 1.77 bits per heavy atom. The zero-order chi connectivity index (χ0) is 20.4. The van der Waals surface area contributed by atoms with E-state index in [-0.39, 0.29) is 5.91 Å². The minimum absolute atomic E-state index is 0.105. The summed E-state index contributed by atoms with van der Waals surface area (Å²) in [6, 6.07) is 20.1. The number of hydrogen-bond acceptors (Lipinski definition) is 4. The van der Waals surface area contributed by atoms with Gasteiger partial charge >= 0.3 is 0 Å². The molecule has 1 amide bonds. The molecule has 1 spiro atoms. The van der Waals surface area contributed by atoms with Crippen molar-refractivity contribution in [1.29, 1.82) is 0 Å². The molecule has 0 saturated carbocycles. The van der Waals surface area contributed by atoms with Crippen molar-refractivity contribution in [2.45, 2.75) is 37.6 Å². The highest BCUT2D eigenvalue weighted by Crippen LogP contribution is 2.40. The molecule has 2 aliphatic heterocycles. The van der Waals surface area contributed by atoms with E-state index in [1.54, 1.807) is 0 Å². The molecule has 2 aromatic carbocycles. The van der Waals surface area contributed by atoms with Crippen molar-refractivity contribution in [1.82, 2.24) is 14.5 Å². The van der Waals surface area contributed by atoms with Gasteiger partial charge in [-0.05, 0) is 30.5 Å². The largest absolute Gasteiger partial charge is 0.352 e. The number of nitrogens with zero attached hydrogens (tertiary/aromatic N) is 3. The number of benzene rings is 2. The van der Waals surface area contributed by atoms with Crippen LogP contribution in [0.15, 0.2) is 73.1 Å². The highest BCUT2D eigenvalue weighted by Gasteiger charge is 2.47. The van der Waals surface area contributed by atoms with E-state index in [4.69, 9.17) is 4.74 Å². The number of imidazole rings is 1. The topological polar surface area (TPSA) is 59.4 Å². The van der Waals surface area contributed by atoms with Crippen LogP contribution >= 0.6 is 0 Å². The second kappa shape index (κ2) is 8.05. The standard InChI is InChI=1S/C24H26N4O2/c29-22(26-20-9-5-2-6-10-20)21-18-28-16-13-25-23(28)24(30-21)11-14-27(15-12-24)17-19-7-3-1-4-8-19/h1-10,13,16,21H,11-12,14-15,17-18H2,(H,26,29)/t21-/m1/s1. The molecule has 3 aromatic rings. The number of carbonyl (C=O) groups is 1. The van der Waals surface area contributed by atoms with Crippen molar-refractivity contribution in [2.75, 3.05) is 18.4 Å². The van der Waals surface area contributed by atoms with Crippen LogP contribution in [0.4, 0.5) is 5.69 Å². The molecule has 2 aliphatic rings. The fourth-order valence-corrected chi connectivity index (χ4v) is 4.53. The third kappa shape index (κ3) is 3.76. The van der Waals surface area contributed by atoms with E-state index in [0.717, 1.165) is 44.0 Å². The summed E-state index contributed by atoms with van der Waals surface area (Å²) in [4.78, 5) is 20.0. The van der Waals surface area contributed by atoms with Crippen molar-refractivity contribution in [3.05, 3.63) is 84.4 Å². The zero-order valence-electron chi connectivity index (χ0n) is 16.9. The number of amides is 1. The molecule has 0 radical (unpaired) electrons. The summed E-state index contributed by atoms with van der Waals surface area (Å²) >= 11 is 0. The van der Waals surface area contributed by atoms with E-state index in [9.17, 15) is 4.79 Å². The number of piperidine rings is 1. The zero-order valence-corrected chi connectivity index (χ0v) is 16.9. The molecule has 1 aromatic heterocycles. The van der Waals surface area contributed by atoms with E-state index in [2.05, 4.69) is 44.0 Å². The number of para-hydroxylation sites is 1. The maximum Gasteiger partial charge on any atom is 0.255 e. The van der Waals surface area contributed by atoms with Crippen LogP contribution in [0.2, 0.25) is 0 Å². The summed E-state index contributed by atoms with van der Waals surface area (Å²) in [5.74, 6) is 0.845. The number of nitrogens with one attached hydrogen (secondary N) is 1. The van der Waals surface area contributed by atoms with Gasteiger partial charge in [-0.1, -0.05) is 48.5 Å². The van der Waals surface area contributed by atoms with Crippen molar-refractivity contribution in [3.8, 4) is 0 Å². The van der Waals surface area contributed by atoms with E-state index in [1.807, 2.05) is 48.8 Å². The van der Waals surface area contributed by atoms with Crippen LogP contribution in [-0.4, -0.2) is 39.6 Å². The number of anilines is 1. The molecule has 0 unspecified atom stereocenters. The number of hydrogen-bond donors (Lipinski definition) is 1. The van der Waals surface area contributed by atoms with Gasteiger partial charge < -0.3 is 14.6 Å². The lowest BCUT2D eigenvalue weighted by Gasteiger charge is -2.45. The van der Waals surface area contributed by atoms with Gasteiger partial charge in [0.25, 0.3) is 5.91 Å². The fraction of sp³-hybridized carbons (Fsp3) is 0.333. The van der Waals surface area contributed by atoms with Gasteiger partial charge in [0, 0.05) is 37.7 Å². The molecular weight excluding hydrogens is 376 g/mol. The third-order valence-electron chi connectivity index (χ3n) is 6.10. The number of carbonyl (C=O) groups excluding carboxylic acids is 1. The normalized spacial score (nSPS) is 20.6. The van der Waals surface area contributed by atoms with E-state index < -0.39 is 11.7 Å². The molecule has 1 N–H and O–H groups in total. The molecule has 3 heterocycles. The van der Waals surface area contributed by atoms with Gasteiger partial charge in [-0.3, -0.25) is 9.69 Å². The first-order valence-electron chi connectivity index (χ1n) is 10.5. The molecule has 1 saturated heterocycles. The monoisotopic (exact) mass is 402 g/mol. The summed E-state index contributed by atoms with van der Waals surface area (Å²) in [6.07, 6.45) is 4.89. The van der Waals surface area contributed by atoms with Gasteiger partial charge in [-0.15, -0.1) is 0 Å². The van der Waals surface area contributed by atoms with Crippen molar-refractivity contribution < 1.29 is 9.53 Å². The number of rotatable bonds is 4. The van der Waals surface area contributed by atoms with E-state index in [0.29, 0.717) is 6.54 Å². The van der Waals surface area contributed by atoms with Gasteiger partial charge in [0.2, 0.25) is 0 Å². The van der Waals surface area contributed by atoms with Gasteiger partial charge in [0.05, 0.1) is 6.54 Å². The highest BCUT2D eigenvalue weighted by molar-refractivity contribution is 5.94. The van der Waals surface area contributed by atoms with Crippen LogP contribution < -0.4 is 5.32 Å². The molecule has 5 rings (SSSR count). The first-order chi connectivity index (χ1) is 14.7. The summed E-state index contributed by atoms with van der Waals surface area (Å²) in [6.45, 7) is 3.25. The lowest BCUT2D eigenvalue weighted by molar-refractivity contribution is -0.170. The third-order valence-corrected chi connectivity index (χ3v) is 6.10. The minimum Gasteiger partial charge on any atom is -0.352 e. The maximum absolute atomic E-state index is 13.0. The minimum atomic E-state index is -0.535. The Hall–Kier alpha value is -2.96. The molecule has 0 bridgehead atoms. The van der Waals surface area contributed by atoms with Crippen molar-refractivity contribution in [3.63, 3.8) is 0 Å². The average Bonchev–Trinajstić information content (AvgIpc) is 3.27. The second-order valence-corrected chi connectivity index (χ2v) is 8.12. The molecule has 30 heavy (non-hydrogen) atoms. The maximum atomic E-state index is 13.0. The number of aromatic nitrogens is 2. The average molecular weight is 402 g/mol. The Kier molecular flexibility index (Phi) is 5.11. The smallest absolute Gasteiger partial charge is 0.255 e. The quantitative estimate of drug-likeness (QED) is 0.727. The first kappa shape index (κ1) is 19.0. The van der Waals surface area contributed by atoms with Crippen LogP contribution in [-0.2, 0) is 28.2 Å². The summed E-state index contributed by atoms with van der Waals surface area (Å²) in [5, 5.41) is 2.99. The summed E-state index contributed by atoms with van der Waals surface area (Å²) < 4.78 is 8.60. The Bertz CT molecular complexity index is 994. The van der Waals surface area contributed by atoms with E-state index >= 15 is 0 Å². The van der Waals surface area contributed by atoms with Gasteiger partial charge in [0.15, 0.2) is 6.10 Å². The first-order valence-corrected chi connectivity index (χ1v) is 10.5. The van der Waals surface area contributed by atoms with Gasteiger partial charge in [-0.2, -0.15) is 0 Å². The molecule has 0 aliphatic carbocycles. The Balaban J connectivity index is 1.30. The molecular formula is C24H26N4O2. The second-order valence-electron chi connectivity index (χ2n) is 8.12. The molecule has 154 valence electrons. The van der Waals surface area contributed by atoms with Crippen LogP contribution in [0.3, 0.4) is 0 Å². The Labute approximate surface area is 176 Å². The summed E-state index contributed by atoms with van der Waals surface area (Å²) in [7, 11) is 0. The Morgan fingerprint density at radius 3 is 2.50 bits per heavy atom. The predicted octanol–water partition coefficient (Wildman–Crippen LogP) is 3.41. The van der Waals surface area contributed by atoms with Crippen LogP contribution in [0.25, 0.3) is 0 Å².